The summed E-state index contributed by atoms with van der Waals surface area (Å²) >= 11 is 0. The number of carbonyl (C=O) groups excluding carboxylic acids is 1. The van der Waals surface area contributed by atoms with Crippen LogP contribution in [0.5, 0.6) is 0 Å². The second-order valence-electron chi connectivity index (χ2n) is 3.45. The Balaban J connectivity index is 2.06. The van der Waals surface area contributed by atoms with Gasteiger partial charge in [0.1, 0.15) is 6.61 Å². The van der Waals surface area contributed by atoms with E-state index in [0.717, 1.165) is 12.8 Å². The van der Waals surface area contributed by atoms with E-state index in [2.05, 4.69) is 0 Å². The summed E-state index contributed by atoms with van der Waals surface area (Å²) in [5.41, 5.74) is 5.56. The number of ether oxygens (including phenoxy) is 1. The van der Waals surface area contributed by atoms with Crippen LogP contribution in [-0.4, -0.2) is 43.7 Å². The predicted octanol–water partition coefficient (Wildman–Crippen LogP) is -0.419. The van der Waals surface area contributed by atoms with Crippen LogP contribution in [-0.2, 0) is 9.53 Å². The van der Waals surface area contributed by atoms with Gasteiger partial charge in [-0.3, -0.25) is 4.79 Å². The van der Waals surface area contributed by atoms with Crippen LogP contribution >= 0.6 is 0 Å². The van der Waals surface area contributed by atoms with E-state index < -0.39 is 0 Å². The van der Waals surface area contributed by atoms with Crippen LogP contribution < -0.4 is 5.73 Å². The fourth-order valence-corrected chi connectivity index (χ4v) is 1.06. The molecule has 0 unspecified atom stereocenters. The Kier molecular flexibility index (Phi) is 3.05. The summed E-state index contributed by atoms with van der Waals surface area (Å²) < 4.78 is 5.30. The molecule has 70 valence electrons. The smallest absolute Gasteiger partial charge is 0.248 e. The number of nitrogens with two attached hydrogens (primary N) is 1. The average molecular weight is 172 g/mol. The Bertz CT molecular complexity index is 164. The maximum Gasteiger partial charge on any atom is 0.248 e. The van der Waals surface area contributed by atoms with Gasteiger partial charge in [-0.15, -0.1) is 0 Å². The monoisotopic (exact) mass is 172 g/mol. The van der Waals surface area contributed by atoms with Gasteiger partial charge in [0, 0.05) is 20.1 Å². The van der Waals surface area contributed by atoms with Crippen LogP contribution in [0.3, 0.4) is 0 Å². The minimum Gasteiger partial charge on any atom is -0.368 e. The quantitative estimate of drug-likeness (QED) is 0.629. The Morgan fingerprint density at radius 2 is 2.17 bits per heavy atom. The molecule has 1 aliphatic carbocycles. The maximum absolute atomic E-state index is 11.0. The van der Waals surface area contributed by atoms with E-state index in [-0.39, 0.29) is 24.7 Å². The van der Waals surface area contributed by atoms with Gasteiger partial charge >= 0.3 is 0 Å². The highest BCUT2D eigenvalue weighted by atomic mass is 16.5. The molecule has 0 saturated heterocycles. The highest BCUT2D eigenvalue weighted by Gasteiger charge is 2.27. The number of likely N-dealkylation sites (N-methyl/N-ethyl adjacent to an activating group) is 1. The molecule has 0 bridgehead atoms. The molecular formula is C8H16N2O2. The number of carbonyl (C=O) groups is 1. The molecule has 0 atom stereocenters. The van der Waals surface area contributed by atoms with Crippen molar-refractivity contribution in [3.63, 3.8) is 0 Å². The number of nitrogens with zero attached hydrogens (tertiary/aromatic N) is 1. The van der Waals surface area contributed by atoms with Gasteiger partial charge in [-0.1, -0.05) is 0 Å². The van der Waals surface area contributed by atoms with E-state index in [1.54, 1.807) is 14.1 Å². The first-order valence-corrected chi connectivity index (χ1v) is 4.17. The summed E-state index contributed by atoms with van der Waals surface area (Å²) in [6, 6.07) is 0.282. The van der Waals surface area contributed by atoms with Crippen LogP contribution in [0.25, 0.3) is 0 Å². The summed E-state index contributed by atoms with van der Waals surface area (Å²) in [4.78, 5) is 12.6. The fourth-order valence-electron chi connectivity index (χ4n) is 1.06. The van der Waals surface area contributed by atoms with Crippen LogP contribution in [0, 0.1) is 0 Å². The molecule has 0 heterocycles. The largest absolute Gasteiger partial charge is 0.368 e. The summed E-state index contributed by atoms with van der Waals surface area (Å²) in [6.45, 7) is 0.185. The molecule has 0 aliphatic heterocycles. The molecule has 1 rings (SSSR count). The van der Waals surface area contributed by atoms with E-state index in [9.17, 15) is 4.79 Å². The van der Waals surface area contributed by atoms with Crippen molar-refractivity contribution in [1.29, 1.82) is 0 Å². The van der Waals surface area contributed by atoms with Crippen molar-refractivity contribution in [3.8, 4) is 0 Å². The molecule has 1 saturated carbocycles. The lowest BCUT2D eigenvalue weighted by atomic mass is 9.90. The molecule has 0 radical (unpaired) electrons. The first-order chi connectivity index (χ1) is 5.59. The summed E-state index contributed by atoms with van der Waals surface area (Å²) in [7, 11) is 3.44. The molecule has 4 heteroatoms. The third-order valence-corrected chi connectivity index (χ3v) is 2.07. The van der Waals surface area contributed by atoms with Gasteiger partial charge in [-0.2, -0.15) is 0 Å². The number of rotatable bonds is 3. The summed E-state index contributed by atoms with van der Waals surface area (Å²) in [5.74, 6) is 0.00970. The minimum atomic E-state index is 0.00970. The second-order valence-corrected chi connectivity index (χ2v) is 3.45. The first kappa shape index (κ1) is 9.48. The normalized spacial score (nSPS) is 27.9. The molecule has 0 aromatic rings. The topological polar surface area (TPSA) is 55.6 Å². The van der Waals surface area contributed by atoms with E-state index in [1.807, 2.05) is 0 Å². The molecule has 1 aliphatic rings. The summed E-state index contributed by atoms with van der Waals surface area (Å²) in [5, 5.41) is 0. The molecule has 0 spiro atoms. The maximum atomic E-state index is 11.0. The van der Waals surface area contributed by atoms with Crippen LogP contribution in [0.1, 0.15) is 12.8 Å². The van der Waals surface area contributed by atoms with Crippen molar-refractivity contribution in [2.75, 3.05) is 20.7 Å². The van der Waals surface area contributed by atoms with Gasteiger partial charge in [0.15, 0.2) is 0 Å². The van der Waals surface area contributed by atoms with Crippen LogP contribution in [0.4, 0.5) is 0 Å². The SMILES string of the molecule is CN(C)C(=O)COC1CC(N)C1. The molecule has 2 N–H and O–H groups in total. The Labute approximate surface area is 72.7 Å². The third kappa shape index (κ3) is 2.46. The van der Waals surface area contributed by atoms with Crippen molar-refractivity contribution in [2.24, 2.45) is 5.73 Å². The molecule has 1 fully saturated rings. The van der Waals surface area contributed by atoms with Crippen molar-refractivity contribution in [2.45, 2.75) is 25.0 Å². The van der Waals surface area contributed by atoms with Gasteiger partial charge in [0.25, 0.3) is 0 Å². The zero-order chi connectivity index (χ0) is 9.14. The van der Waals surface area contributed by atoms with E-state index in [4.69, 9.17) is 10.5 Å². The summed E-state index contributed by atoms with van der Waals surface area (Å²) in [6.07, 6.45) is 1.99. The van der Waals surface area contributed by atoms with E-state index in [0.29, 0.717) is 0 Å². The second kappa shape index (κ2) is 3.87. The van der Waals surface area contributed by atoms with E-state index in [1.165, 1.54) is 4.90 Å². The zero-order valence-electron chi connectivity index (χ0n) is 7.62. The van der Waals surface area contributed by atoms with Gasteiger partial charge < -0.3 is 15.4 Å². The van der Waals surface area contributed by atoms with Crippen LogP contribution in [0.15, 0.2) is 0 Å². The molecular weight excluding hydrogens is 156 g/mol. The van der Waals surface area contributed by atoms with Crippen molar-refractivity contribution >= 4 is 5.91 Å². The van der Waals surface area contributed by atoms with Crippen LogP contribution in [0.2, 0.25) is 0 Å². The minimum absolute atomic E-state index is 0.00970. The standard InChI is InChI=1S/C8H16N2O2/c1-10(2)8(11)5-12-7-3-6(9)4-7/h6-7H,3-5,9H2,1-2H3. The molecule has 0 aromatic carbocycles. The zero-order valence-corrected chi connectivity index (χ0v) is 7.62. The van der Waals surface area contributed by atoms with Gasteiger partial charge in [0.2, 0.25) is 5.91 Å². The first-order valence-electron chi connectivity index (χ1n) is 4.17. The van der Waals surface area contributed by atoms with Crippen molar-refractivity contribution in [1.82, 2.24) is 4.90 Å². The van der Waals surface area contributed by atoms with Gasteiger partial charge in [0.05, 0.1) is 6.10 Å². The Morgan fingerprint density at radius 3 is 2.58 bits per heavy atom. The van der Waals surface area contributed by atoms with E-state index >= 15 is 0 Å². The van der Waals surface area contributed by atoms with Gasteiger partial charge in [-0.05, 0) is 12.8 Å². The number of hydrogen-bond donors (Lipinski definition) is 1. The number of hydrogen-bond acceptors (Lipinski definition) is 3. The fraction of sp³-hybridized carbons (Fsp3) is 0.875. The lowest BCUT2D eigenvalue weighted by Gasteiger charge is -2.32. The number of amides is 1. The molecule has 4 nitrogen and oxygen atoms in total. The van der Waals surface area contributed by atoms with Gasteiger partial charge in [-0.25, -0.2) is 0 Å². The Hall–Kier alpha value is -0.610. The lowest BCUT2D eigenvalue weighted by Crippen LogP contribution is -2.43. The Morgan fingerprint density at radius 1 is 1.58 bits per heavy atom. The molecule has 0 aromatic heterocycles. The third-order valence-electron chi connectivity index (χ3n) is 2.07. The lowest BCUT2D eigenvalue weighted by molar-refractivity contribution is -0.137. The average Bonchev–Trinajstić information content (AvgIpc) is 1.95. The highest BCUT2D eigenvalue weighted by Crippen LogP contribution is 2.20. The van der Waals surface area contributed by atoms with Crippen molar-refractivity contribution in [3.05, 3.63) is 0 Å². The highest BCUT2D eigenvalue weighted by molar-refractivity contribution is 5.76. The molecule has 12 heavy (non-hydrogen) atoms. The predicted molar refractivity (Wildman–Crippen MR) is 45.6 cm³/mol. The molecule has 1 amide bonds. The van der Waals surface area contributed by atoms with Crippen molar-refractivity contribution < 1.29 is 9.53 Å².